The number of benzene rings is 1. The van der Waals surface area contributed by atoms with Crippen LogP contribution in [-0.2, 0) is 9.47 Å². The summed E-state index contributed by atoms with van der Waals surface area (Å²) in [5, 5.41) is 0.800. The van der Waals surface area contributed by atoms with Gasteiger partial charge >= 0.3 is 12.2 Å². The van der Waals surface area contributed by atoms with Gasteiger partial charge in [-0.15, -0.1) is 0 Å². The molecule has 2 aromatic rings. The highest BCUT2D eigenvalue weighted by atomic mass is 16.6. The minimum Gasteiger partial charge on any atom is -0.491 e. The van der Waals surface area contributed by atoms with E-state index in [4.69, 9.17) is 9.47 Å². The van der Waals surface area contributed by atoms with Gasteiger partial charge in [-0.2, -0.15) is 0 Å². The fraction of sp³-hybridized carbons (Fsp3) is 0.444. The van der Waals surface area contributed by atoms with Gasteiger partial charge in [0.2, 0.25) is 0 Å². The van der Waals surface area contributed by atoms with Crippen LogP contribution in [0.1, 0.15) is 20.8 Å². The minimum atomic E-state index is -0.569. The molecule has 7 heteroatoms. The predicted molar refractivity (Wildman–Crippen MR) is 94.1 cm³/mol. The molecule has 0 fully saturated rings. The summed E-state index contributed by atoms with van der Waals surface area (Å²) in [5.74, 6) is 0.637. The van der Waals surface area contributed by atoms with E-state index in [1.807, 2.05) is 39.0 Å². The SMILES string of the molecule is COC(=O)N(C)CCOc1cccc2c1ccn2C(=O)OC(C)(C)C. The lowest BCUT2D eigenvalue weighted by molar-refractivity contribution is 0.0544. The third-order valence-electron chi connectivity index (χ3n) is 3.45. The van der Waals surface area contributed by atoms with Crippen LogP contribution in [0.3, 0.4) is 0 Å². The van der Waals surface area contributed by atoms with Crippen molar-refractivity contribution in [3.05, 3.63) is 30.5 Å². The van der Waals surface area contributed by atoms with Crippen molar-refractivity contribution in [1.82, 2.24) is 9.47 Å². The predicted octanol–water partition coefficient (Wildman–Crippen LogP) is 3.50. The van der Waals surface area contributed by atoms with Crippen molar-refractivity contribution in [2.24, 2.45) is 0 Å². The minimum absolute atomic E-state index is 0.308. The quantitative estimate of drug-likeness (QED) is 0.846. The van der Waals surface area contributed by atoms with Crippen molar-refractivity contribution < 1.29 is 23.8 Å². The topological polar surface area (TPSA) is 70.0 Å². The largest absolute Gasteiger partial charge is 0.491 e. The highest BCUT2D eigenvalue weighted by molar-refractivity contribution is 5.93. The molecule has 1 heterocycles. The molecule has 7 nitrogen and oxygen atoms in total. The van der Waals surface area contributed by atoms with Gasteiger partial charge in [-0.3, -0.25) is 4.57 Å². The molecule has 1 amide bonds. The van der Waals surface area contributed by atoms with Crippen LogP contribution in [-0.4, -0.2) is 54.6 Å². The first-order valence-corrected chi connectivity index (χ1v) is 7.98. The average molecular weight is 348 g/mol. The molecule has 25 heavy (non-hydrogen) atoms. The maximum absolute atomic E-state index is 12.3. The molecule has 2 rings (SSSR count). The van der Waals surface area contributed by atoms with Crippen LogP contribution in [0.15, 0.2) is 30.5 Å². The summed E-state index contributed by atoms with van der Waals surface area (Å²) in [4.78, 5) is 25.1. The fourth-order valence-electron chi connectivity index (χ4n) is 2.28. The third kappa shape index (κ3) is 4.65. The molecule has 0 aliphatic heterocycles. The van der Waals surface area contributed by atoms with Crippen LogP contribution >= 0.6 is 0 Å². The zero-order chi connectivity index (χ0) is 18.6. The van der Waals surface area contributed by atoms with Crippen LogP contribution in [0.25, 0.3) is 10.9 Å². The number of aromatic nitrogens is 1. The molecule has 136 valence electrons. The second kappa shape index (κ2) is 7.46. The molecular formula is C18H24N2O5. The van der Waals surface area contributed by atoms with Crippen molar-refractivity contribution >= 4 is 23.1 Å². The van der Waals surface area contributed by atoms with Crippen molar-refractivity contribution in [3.8, 4) is 5.75 Å². The lowest BCUT2D eigenvalue weighted by Gasteiger charge is -2.20. The Kier molecular flexibility index (Phi) is 5.56. The Morgan fingerprint density at radius 1 is 1.20 bits per heavy atom. The van der Waals surface area contributed by atoms with E-state index in [2.05, 4.69) is 4.74 Å². The highest BCUT2D eigenvalue weighted by Crippen LogP contribution is 2.27. The Morgan fingerprint density at radius 3 is 2.56 bits per heavy atom. The van der Waals surface area contributed by atoms with E-state index in [0.29, 0.717) is 24.4 Å². The zero-order valence-corrected chi connectivity index (χ0v) is 15.2. The molecule has 0 saturated carbocycles. The van der Waals surface area contributed by atoms with Crippen molar-refractivity contribution in [1.29, 1.82) is 0 Å². The third-order valence-corrected chi connectivity index (χ3v) is 3.45. The number of hydrogen-bond acceptors (Lipinski definition) is 5. The van der Waals surface area contributed by atoms with E-state index in [1.165, 1.54) is 16.6 Å². The summed E-state index contributed by atoms with van der Waals surface area (Å²) >= 11 is 0. The summed E-state index contributed by atoms with van der Waals surface area (Å²) in [5.41, 5.74) is 0.133. The zero-order valence-electron chi connectivity index (χ0n) is 15.2. The number of fused-ring (bicyclic) bond motifs is 1. The van der Waals surface area contributed by atoms with Gasteiger partial charge in [0.15, 0.2) is 0 Å². The smallest absolute Gasteiger partial charge is 0.418 e. The number of carbonyl (C=O) groups excluding carboxylic acids is 2. The highest BCUT2D eigenvalue weighted by Gasteiger charge is 2.19. The molecule has 1 aromatic carbocycles. The molecule has 0 spiro atoms. The molecule has 0 N–H and O–H groups in total. The Morgan fingerprint density at radius 2 is 1.92 bits per heavy atom. The number of rotatable bonds is 4. The Hall–Kier alpha value is -2.70. The van der Waals surface area contributed by atoms with Crippen molar-refractivity contribution in [3.63, 3.8) is 0 Å². The van der Waals surface area contributed by atoms with E-state index in [-0.39, 0.29) is 0 Å². The lowest BCUT2D eigenvalue weighted by Crippen LogP contribution is -2.30. The van der Waals surface area contributed by atoms with E-state index in [9.17, 15) is 9.59 Å². The lowest BCUT2D eigenvalue weighted by atomic mass is 10.2. The summed E-state index contributed by atoms with van der Waals surface area (Å²) in [6.45, 7) is 6.16. The van der Waals surface area contributed by atoms with E-state index < -0.39 is 17.8 Å². The normalized spacial score (nSPS) is 11.2. The second-order valence-corrected chi connectivity index (χ2v) is 6.60. The maximum atomic E-state index is 12.3. The van der Waals surface area contributed by atoms with Crippen LogP contribution in [0, 0.1) is 0 Å². The van der Waals surface area contributed by atoms with Crippen LogP contribution in [0.4, 0.5) is 9.59 Å². The van der Waals surface area contributed by atoms with Crippen LogP contribution in [0.5, 0.6) is 5.75 Å². The molecule has 0 radical (unpaired) electrons. The molecule has 0 bridgehead atoms. The molecule has 0 unspecified atom stereocenters. The van der Waals surface area contributed by atoms with Crippen LogP contribution in [0.2, 0.25) is 0 Å². The van der Waals surface area contributed by atoms with E-state index in [1.54, 1.807) is 19.3 Å². The fourth-order valence-corrected chi connectivity index (χ4v) is 2.28. The second-order valence-electron chi connectivity index (χ2n) is 6.60. The van der Waals surface area contributed by atoms with Gasteiger partial charge in [0.05, 0.1) is 19.2 Å². The molecule has 0 saturated heterocycles. The number of likely N-dealkylation sites (N-methyl/N-ethyl adjacent to an activating group) is 1. The number of nitrogens with zero attached hydrogens (tertiary/aromatic N) is 2. The molecule has 0 atom stereocenters. The van der Waals surface area contributed by atoms with Crippen LogP contribution < -0.4 is 4.74 Å². The van der Waals surface area contributed by atoms with Crippen molar-refractivity contribution in [2.75, 3.05) is 27.3 Å². The number of carbonyl (C=O) groups is 2. The van der Waals surface area contributed by atoms with Crippen molar-refractivity contribution in [2.45, 2.75) is 26.4 Å². The van der Waals surface area contributed by atoms with E-state index in [0.717, 1.165) is 5.39 Å². The Balaban J connectivity index is 2.13. The molecular weight excluding hydrogens is 324 g/mol. The Labute approximate surface area is 147 Å². The number of ether oxygens (including phenoxy) is 3. The molecule has 0 aliphatic rings. The van der Waals surface area contributed by atoms with Gasteiger partial charge < -0.3 is 19.1 Å². The monoisotopic (exact) mass is 348 g/mol. The van der Waals surface area contributed by atoms with Gasteiger partial charge in [0.1, 0.15) is 18.0 Å². The van der Waals surface area contributed by atoms with E-state index >= 15 is 0 Å². The summed E-state index contributed by atoms with van der Waals surface area (Å²) < 4.78 is 17.3. The first kappa shape index (κ1) is 18.6. The van der Waals surface area contributed by atoms with Gasteiger partial charge in [-0.25, -0.2) is 9.59 Å². The number of hydrogen-bond donors (Lipinski definition) is 0. The molecule has 0 aliphatic carbocycles. The van der Waals surface area contributed by atoms with Gasteiger partial charge in [0.25, 0.3) is 0 Å². The summed E-state index contributed by atoms with van der Waals surface area (Å²) in [6, 6.07) is 7.26. The van der Waals surface area contributed by atoms with Gasteiger partial charge in [-0.05, 0) is 39.0 Å². The standard InChI is InChI=1S/C18H24N2O5/c1-18(2,3)25-17(22)20-10-9-13-14(20)7-6-8-15(13)24-12-11-19(4)16(21)23-5/h6-10H,11-12H2,1-5H3. The van der Waals surface area contributed by atoms with Gasteiger partial charge in [-0.1, -0.05) is 6.07 Å². The number of methoxy groups -OCH3 is 1. The first-order chi connectivity index (χ1) is 11.7. The summed E-state index contributed by atoms with van der Waals surface area (Å²) in [6.07, 6.45) is 0.801. The average Bonchev–Trinajstić information content (AvgIpc) is 2.97. The Bertz CT molecular complexity index is 760. The summed E-state index contributed by atoms with van der Waals surface area (Å²) in [7, 11) is 2.97. The van der Waals surface area contributed by atoms with Gasteiger partial charge in [0, 0.05) is 18.6 Å². The maximum Gasteiger partial charge on any atom is 0.418 e. The molecule has 1 aromatic heterocycles. The first-order valence-electron chi connectivity index (χ1n) is 7.98. The number of amides is 1.